The normalized spacial score (nSPS) is 18.4. The van der Waals surface area contributed by atoms with Crippen LogP contribution in [0.15, 0.2) is 29.2 Å². The summed E-state index contributed by atoms with van der Waals surface area (Å²) >= 11 is 1.77. The van der Waals surface area contributed by atoms with Crippen LogP contribution in [0.1, 0.15) is 13.3 Å². The van der Waals surface area contributed by atoms with Crippen molar-refractivity contribution in [2.45, 2.75) is 18.2 Å². The number of amides is 1. The molecule has 1 saturated heterocycles. The molecule has 0 bridgehead atoms. The lowest BCUT2D eigenvalue weighted by Gasteiger charge is -2.15. The number of carbonyl (C=O) groups is 1. The zero-order valence-corrected chi connectivity index (χ0v) is 14.8. The first-order valence-corrected chi connectivity index (χ1v) is 8.43. The Bertz CT molecular complexity index is 467. The number of hydrogen-bond donors (Lipinski definition) is 2. The van der Waals surface area contributed by atoms with Crippen molar-refractivity contribution in [1.29, 1.82) is 0 Å². The molecule has 6 heteroatoms. The number of nitrogens with one attached hydrogen (secondary N) is 2. The summed E-state index contributed by atoms with van der Waals surface area (Å²) in [6, 6.07) is 8.04. The van der Waals surface area contributed by atoms with Crippen molar-refractivity contribution >= 4 is 30.1 Å². The Morgan fingerprint density at radius 3 is 2.95 bits per heavy atom. The van der Waals surface area contributed by atoms with E-state index in [4.69, 9.17) is 4.74 Å². The minimum Gasteiger partial charge on any atom is -0.496 e. The lowest BCUT2D eigenvalue weighted by atomic mass is 10.1. The number of para-hydroxylation sites is 1. The highest BCUT2D eigenvalue weighted by Gasteiger charge is 2.22. The van der Waals surface area contributed by atoms with Gasteiger partial charge in [0.15, 0.2) is 0 Å². The highest BCUT2D eigenvalue weighted by molar-refractivity contribution is 7.99. The number of halogens is 1. The van der Waals surface area contributed by atoms with E-state index >= 15 is 0 Å². The Balaban J connectivity index is 0.00000242. The van der Waals surface area contributed by atoms with Gasteiger partial charge in [0.05, 0.1) is 13.0 Å². The van der Waals surface area contributed by atoms with Crippen LogP contribution in [0.2, 0.25) is 0 Å². The Morgan fingerprint density at radius 2 is 2.27 bits per heavy atom. The van der Waals surface area contributed by atoms with Gasteiger partial charge in [0, 0.05) is 23.7 Å². The maximum Gasteiger partial charge on any atom is 0.224 e. The molecule has 22 heavy (non-hydrogen) atoms. The van der Waals surface area contributed by atoms with Crippen LogP contribution in [0, 0.1) is 11.8 Å². The average molecular weight is 345 g/mol. The summed E-state index contributed by atoms with van der Waals surface area (Å²) in [5.74, 6) is 2.64. The molecular weight excluding hydrogens is 320 g/mol. The van der Waals surface area contributed by atoms with E-state index in [1.807, 2.05) is 18.2 Å². The highest BCUT2D eigenvalue weighted by Crippen LogP contribution is 2.29. The van der Waals surface area contributed by atoms with Gasteiger partial charge in [-0.2, -0.15) is 0 Å². The summed E-state index contributed by atoms with van der Waals surface area (Å²) in [4.78, 5) is 13.1. The second-order valence-electron chi connectivity index (χ2n) is 5.50. The molecule has 124 valence electrons. The van der Waals surface area contributed by atoms with Crippen LogP contribution in [0.25, 0.3) is 0 Å². The number of rotatable bonds is 7. The monoisotopic (exact) mass is 344 g/mol. The summed E-state index contributed by atoms with van der Waals surface area (Å²) in [7, 11) is 1.69. The number of ether oxygens (including phenoxy) is 1. The molecule has 0 radical (unpaired) electrons. The minimum absolute atomic E-state index is 0. The number of thioether (sulfide) groups is 1. The van der Waals surface area contributed by atoms with E-state index in [1.54, 1.807) is 18.9 Å². The van der Waals surface area contributed by atoms with Gasteiger partial charge < -0.3 is 15.4 Å². The van der Waals surface area contributed by atoms with E-state index in [9.17, 15) is 4.79 Å². The van der Waals surface area contributed by atoms with Gasteiger partial charge in [-0.3, -0.25) is 4.79 Å². The Morgan fingerprint density at radius 1 is 1.50 bits per heavy atom. The molecule has 1 amide bonds. The number of hydrogen-bond acceptors (Lipinski definition) is 4. The predicted octanol–water partition coefficient (Wildman–Crippen LogP) is 2.57. The lowest BCUT2D eigenvalue weighted by molar-refractivity contribution is -0.124. The number of methoxy groups -OCH3 is 1. The zero-order valence-electron chi connectivity index (χ0n) is 13.1. The summed E-state index contributed by atoms with van der Waals surface area (Å²) in [5.41, 5.74) is 0. The Labute approximate surface area is 143 Å². The molecule has 0 spiro atoms. The van der Waals surface area contributed by atoms with Crippen LogP contribution in [0.3, 0.4) is 0 Å². The van der Waals surface area contributed by atoms with Crippen molar-refractivity contribution in [3.8, 4) is 5.75 Å². The first-order valence-electron chi connectivity index (χ1n) is 7.45. The third-order valence-corrected chi connectivity index (χ3v) is 5.03. The summed E-state index contributed by atoms with van der Waals surface area (Å²) in [6.45, 7) is 4.67. The fraction of sp³-hybridized carbons (Fsp3) is 0.562. The fourth-order valence-electron chi connectivity index (χ4n) is 2.33. The van der Waals surface area contributed by atoms with Gasteiger partial charge in [-0.15, -0.1) is 24.2 Å². The molecule has 4 nitrogen and oxygen atoms in total. The summed E-state index contributed by atoms with van der Waals surface area (Å²) < 4.78 is 5.35. The maximum absolute atomic E-state index is 11.9. The molecular formula is C16H25ClN2O2S. The van der Waals surface area contributed by atoms with E-state index in [2.05, 4.69) is 23.6 Å². The molecule has 2 unspecified atom stereocenters. The van der Waals surface area contributed by atoms with E-state index < -0.39 is 0 Å². The molecule has 2 atom stereocenters. The van der Waals surface area contributed by atoms with Gasteiger partial charge in [-0.1, -0.05) is 19.1 Å². The third-order valence-electron chi connectivity index (χ3n) is 3.65. The van der Waals surface area contributed by atoms with Crippen molar-refractivity contribution in [2.24, 2.45) is 11.8 Å². The van der Waals surface area contributed by atoms with Gasteiger partial charge in [0.25, 0.3) is 0 Å². The van der Waals surface area contributed by atoms with Crippen molar-refractivity contribution in [3.05, 3.63) is 24.3 Å². The van der Waals surface area contributed by atoms with Crippen LogP contribution in [0.4, 0.5) is 0 Å². The van der Waals surface area contributed by atoms with Crippen molar-refractivity contribution < 1.29 is 9.53 Å². The van der Waals surface area contributed by atoms with E-state index in [1.165, 1.54) is 0 Å². The first kappa shape index (κ1) is 19.1. The largest absolute Gasteiger partial charge is 0.496 e. The average Bonchev–Trinajstić information content (AvgIpc) is 3.05. The fourth-order valence-corrected chi connectivity index (χ4v) is 3.38. The summed E-state index contributed by atoms with van der Waals surface area (Å²) in [6.07, 6.45) is 0.955. The van der Waals surface area contributed by atoms with E-state index in [0.29, 0.717) is 5.92 Å². The van der Waals surface area contributed by atoms with Crippen LogP contribution in [-0.4, -0.2) is 38.4 Å². The van der Waals surface area contributed by atoms with Crippen LogP contribution in [0.5, 0.6) is 5.75 Å². The molecule has 1 aliphatic rings. The number of benzene rings is 1. The van der Waals surface area contributed by atoms with Crippen LogP contribution >= 0.6 is 24.2 Å². The smallest absolute Gasteiger partial charge is 0.224 e. The van der Waals surface area contributed by atoms with Gasteiger partial charge in [-0.05, 0) is 31.0 Å². The third kappa shape index (κ3) is 5.71. The first-order chi connectivity index (χ1) is 10.2. The molecule has 2 rings (SSSR count). The van der Waals surface area contributed by atoms with Gasteiger partial charge in [0.1, 0.15) is 5.75 Å². The standard InChI is InChI=1S/C16H24N2O2S.ClH/c1-12(9-18-16(19)13-7-8-17-10-13)11-21-15-6-4-3-5-14(15)20-2;/h3-6,12-13,17H,7-11H2,1-2H3,(H,18,19);1H. The molecule has 1 aromatic carbocycles. The molecule has 1 aliphatic heterocycles. The predicted molar refractivity (Wildman–Crippen MR) is 94.1 cm³/mol. The minimum atomic E-state index is 0. The van der Waals surface area contributed by atoms with Crippen molar-refractivity contribution in [1.82, 2.24) is 10.6 Å². The quantitative estimate of drug-likeness (QED) is 0.746. The van der Waals surface area contributed by atoms with Crippen molar-refractivity contribution in [3.63, 3.8) is 0 Å². The highest BCUT2D eigenvalue weighted by atomic mass is 35.5. The van der Waals surface area contributed by atoms with Gasteiger partial charge in [0.2, 0.25) is 5.91 Å². The maximum atomic E-state index is 11.9. The van der Waals surface area contributed by atoms with Crippen molar-refractivity contribution in [2.75, 3.05) is 32.5 Å². The Kier molecular flexibility index (Phi) is 8.68. The second-order valence-corrected chi connectivity index (χ2v) is 6.56. The molecule has 1 heterocycles. The number of carbonyl (C=O) groups excluding carboxylic acids is 1. The van der Waals surface area contributed by atoms with Crippen LogP contribution < -0.4 is 15.4 Å². The molecule has 2 N–H and O–H groups in total. The molecule has 0 saturated carbocycles. The van der Waals surface area contributed by atoms with E-state index in [-0.39, 0.29) is 24.2 Å². The Hall–Kier alpha value is -0.910. The molecule has 1 aromatic rings. The topological polar surface area (TPSA) is 50.4 Å². The molecule has 0 aliphatic carbocycles. The van der Waals surface area contributed by atoms with E-state index in [0.717, 1.165) is 42.5 Å². The second kappa shape index (κ2) is 9.98. The zero-order chi connectivity index (χ0) is 15.1. The summed E-state index contributed by atoms with van der Waals surface area (Å²) in [5, 5.41) is 6.29. The molecule has 1 fully saturated rings. The SMILES string of the molecule is COc1ccccc1SCC(C)CNC(=O)C1CCNC1.Cl. The van der Waals surface area contributed by atoms with Crippen LogP contribution in [-0.2, 0) is 4.79 Å². The molecule has 0 aromatic heterocycles. The van der Waals surface area contributed by atoms with Gasteiger partial charge >= 0.3 is 0 Å². The lowest BCUT2D eigenvalue weighted by Crippen LogP contribution is -2.35. The van der Waals surface area contributed by atoms with Gasteiger partial charge in [-0.25, -0.2) is 0 Å².